The minimum atomic E-state index is 0.118. The lowest BCUT2D eigenvalue weighted by Crippen LogP contribution is -2.46. The number of morpholine rings is 1. The van der Waals surface area contributed by atoms with Gasteiger partial charge in [0.1, 0.15) is 17.1 Å². The van der Waals surface area contributed by atoms with Crippen LogP contribution in [0.1, 0.15) is 38.5 Å². The number of nitrogens with zero attached hydrogens (tertiary/aromatic N) is 6. The van der Waals surface area contributed by atoms with E-state index in [1.807, 2.05) is 7.05 Å². The number of nitrogens with two attached hydrogens (primary N) is 1. The zero-order valence-corrected chi connectivity index (χ0v) is 20.4. The van der Waals surface area contributed by atoms with Gasteiger partial charge in [-0.2, -0.15) is 10.1 Å². The van der Waals surface area contributed by atoms with Crippen LogP contribution in [-0.4, -0.2) is 88.6 Å². The molecule has 190 valence electrons. The first kappa shape index (κ1) is 24.0. The molecule has 35 heavy (non-hydrogen) atoms. The van der Waals surface area contributed by atoms with Crippen molar-refractivity contribution < 1.29 is 14.2 Å². The SMILES string of the molecule is Cn1ncc2nc(NC(C=NC3CCOCC3)=CN)nc(OC3CCC(N4CCOCC4)CC3)c21. The Bertz CT molecular complexity index is 1030. The molecule has 0 aromatic carbocycles. The van der Waals surface area contributed by atoms with E-state index in [0.717, 1.165) is 89.1 Å². The summed E-state index contributed by atoms with van der Waals surface area (Å²) in [4.78, 5) is 16.5. The van der Waals surface area contributed by atoms with Crippen molar-refractivity contribution >= 4 is 23.2 Å². The highest BCUT2D eigenvalue weighted by Crippen LogP contribution is 2.30. The van der Waals surface area contributed by atoms with Crippen LogP contribution in [0.25, 0.3) is 11.0 Å². The van der Waals surface area contributed by atoms with Crippen LogP contribution >= 0.6 is 0 Å². The molecule has 2 saturated heterocycles. The average Bonchev–Trinajstić information content (AvgIpc) is 3.28. The van der Waals surface area contributed by atoms with E-state index in [-0.39, 0.29) is 12.1 Å². The van der Waals surface area contributed by atoms with Crippen LogP contribution in [0.5, 0.6) is 5.88 Å². The third kappa shape index (κ3) is 5.91. The Balaban J connectivity index is 1.26. The van der Waals surface area contributed by atoms with E-state index in [1.165, 1.54) is 6.20 Å². The van der Waals surface area contributed by atoms with Gasteiger partial charge in [0.25, 0.3) is 0 Å². The van der Waals surface area contributed by atoms with E-state index in [9.17, 15) is 0 Å². The normalized spacial score (nSPS) is 25.3. The predicted octanol–water partition coefficient (Wildman–Crippen LogP) is 1.85. The van der Waals surface area contributed by atoms with Gasteiger partial charge >= 0.3 is 0 Å². The molecule has 0 atom stereocenters. The van der Waals surface area contributed by atoms with E-state index in [1.54, 1.807) is 17.1 Å². The first-order valence-corrected chi connectivity index (χ1v) is 12.7. The van der Waals surface area contributed by atoms with Crippen LogP contribution in [0.3, 0.4) is 0 Å². The standard InChI is InChI=1S/C24H36N8O3/c1-31-22-21(16-27-31)29-24(28-18(14-25)15-26-17-6-10-33-11-7-17)30-23(22)35-20-4-2-19(3-5-20)32-8-12-34-13-9-32/h14-17,19-20H,2-13,25H2,1H3,(H,28,29,30). The van der Waals surface area contributed by atoms with Crippen molar-refractivity contribution in [3.63, 3.8) is 0 Å². The molecule has 1 aliphatic carbocycles. The lowest BCUT2D eigenvalue weighted by Gasteiger charge is -2.38. The van der Waals surface area contributed by atoms with Crippen molar-refractivity contribution in [2.45, 2.75) is 56.7 Å². The van der Waals surface area contributed by atoms with Crippen molar-refractivity contribution in [3.8, 4) is 5.88 Å². The Labute approximate surface area is 205 Å². The molecule has 11 nitrogen and oxygen atoms in total. The van der Waals surface area contributed by atoms with Crippen molar-refractivity contribution in [2.24, 2.45) is 17.8 Å². The van der Waals surface area contributed by atoms with Gasteiger partial charge < -0.3 is 25.3 Å². The Hall–Kier alpha value is -2.76. The van der Waals surface area contributed by atoms with Gasteiger partial charge in [0.15, 0.2) is 0 Å². The fraction of sp³-hybridized carbons (Fsp3) is 0.667. The lowest BCUT2D eigenvalue weighted by molar-refractivity contribution is -0.00127. The Morgan fingerprint density at radius 2 is 1.83 bits per heavy atom. The van der Waals surface area contributed by atoms with Gasteiger partial charge in [0, 0.05) is 51.8 Å². The molecule has 0 radical (unpaired) electrons. The maximum Gasteiger partial charge on any atom is 0.245 e. The number of nitrogens with one attached hydrogen (secondary N) is 1. The van der Waals surface area contributed by atoms with Crippen LogP contribution in [0, 0.1) is 0 Å². The van der Waals surface area contributed by atoms with Gasteiger partial charge in [-0.25, -0.2) is 4.98 Å². The molecule has 3 aliphatic rings. The number of fused-ring (bicyclic) bond motifs is 1. The molecule has 0 spiro atoms. The van der Waals surface area contributed by atoms with E-state index in [2.05, 4.69) is 25.3 Å². The minimum Gasteiger partial charge on any atom is -0.473 e. The maximum atomic E-state index is 6.46. The highest BCUT2D eigenvalue weighted by atomic mass is 16.5. The molecule has 1 saturated carbocycles. The van der Waals surface area contributed by atoms with Crippen molar-refractivity contribution in [1.82, 2.24) is 24.6 Å². The quantitative estimate of drug-likeness (QED) is 0.566. The monoisotopic (exact) mass is 484 g/mol. The number of hydrogen-bond donors (Lipinski definition) is 2. The van der Waals surface area contributed by atoms with Gasteiger partial charge in [-0.15, -0.1) is 0 Å². The molecule has 5 rings (SSSR count). The highest BCUT2D eigenvalue weighted by Gasteiger charge is 2.29. The zero-order valence-electron chi connectivity index (χ0n) is 20.4. The second kappa shape index (κ2) is 11.3. The molecule has 4 heterocycles. The number of aromatic nitrogens is 4. The second-order valence-corrected chi connectivity index (χ2v) is 9.42. The molecule has 3 fully saturated rings. The van der Waals surface area contributed by atoms with Crippen molar-refractivity contribution in [1.29, 1.82) is 0 Å². The molecule has 3 N–H and O–H groups in total. The molecule has 2 aromatic heterocycles. The Kier molecular flexibility index (Phi) is 7.75. The highest BCUT2D eigenvalue weighted by molar-refractivity contribution is 5.84. The summed E-state index contributed by atoms with van der Waals surface area (Å²) in [6.45, 7) is 5.22. The molecule has 0 unspecified atom stereocenters. The predicted molar refractivity (Wildman–Crippen MR) is 134 cm³/mol. The van der Waals surface area contributed by atoms with Gasteiger partial charge in [0.05, 0.1) is 31.1 Å². The second-order valence-electron chi connectivity index (χ2n) is 9.42. The van der Waals surface area contributed by atoms with Crippen LogP contribution in [0.4, 0.5) is 5.95 Å². The average molecular weight is 485 g/mol. The van der Waals surface area contributed by atoms with Crippen molar-refractivity contribution in [2.75, 3.05) is 44.8 Å². The summed E-state index contributed by atoms with van der Waals surface area (Å²) in [6.07, 6.45) is 11.2. The van der Waals surface area contributed by atoms with Crippen molar-refractivity contribution in [3.05, 3.63) is 18.1 Å². The fourth-order valence-corrected chi connectivity index (χ4v) is 5.08. The molecule has 2 aromatic rings. The number of rotatable bonds is 7. The number of allylic oxidation sites excluding steroid dienone is 1. The molecular weight excluding hydrogens is 448 g/mol. The summed E-state index contributed by atoms with van der Waals surface area (Å²) in [7, 11) is 1.88. The van der Waals surface area contributed by atoms with Gasteiger partial charge in [-0.1, -0.05) is 0 Å². The Morgan fingerprint density at radius 3 is 2.57 bits per heavy atom. The van der Waals surface area contributed by atoms with Crippen LogP contribution in [0.15, 0.2) is 23.1 Å². The molecule has 0 bridgehead atoms. The van der Waals surface area contributed by atoms with E-state index >= 15 is 0 Å². The van der Waals surface area contributed by atoms with Gasteiger partial charge in [-0.3, -0.25) is 14.6 Å². The van der Waals surface area contributed by atoms with E-state index in [0.29, 0.717) is 23.6 Å². The number of aryl methyl sites for hydroxylation is 1. The topological polar surface area (TPSA) is 125 Å². The molecule has 0 amide bonds. The van der Waals surface area contributed by atoms with Crippen LogP contribution in [0.2, 0.25) is 0 Å². The third-order valence-electron chi connectivity index (χ3n) is 7.09. The summed E-state index contributed by atoms with van der Waals surface area (Å²) in [5.41, 5.74) is 8.01. The molecule has 2 aliphatic heterocycles. The first-order chi connectivity index (χ1) is 17.2. The smallest absolute Gasteiger partial charge is 0.245 e. The summed E-state index contributed by atoms with van der Waals surface area (Å²) >= 11 is 0. The van der Waals surface area contributed by atoms with Gasteiger partial charge in [-0.05, 0) is 38.5 Å². The van der Waals surface area contributed by atoms with Gasteiger partial charge in [0.2, 0.25) is 11.8 Å². The molecular formula is C24H36N8O3. The summed E-state index contributed by atoms with van der Waals surface area (Å²) in [6, 6.07) is 0.860. The lowest BCUT2D eigenvalue weighted by atomic mass is 9.91. The van der Waals surface area contributed by atoms with E-state index < -0.39 is 0 Å². The van der Waals surface area contributed by atoms with Crippen LogP contribution < -0.4 is 15.8 Å². The number of aliphatic imine (C=N–C) groups is 1. The molecule has 11 heteroatoms. The zero-order chi connectivity index (χ0) is 24.0. The number of anilines is 1. The Morgan fingerprint density at radius 1 is 1.09 bits per heavy atom. The third-order valence-corrected chi connectivity index (χ3v) is 7.09. The summed E-state index contributed by atoms with van der Waals surface area (Å²) in [5, 5.41) is 7.57. The number of hydrogen-bond acceptors (Lipinski definition) is 10. The maximum absolute atomic E-state index is 6.46. The van der Waals surface area contributed by atoms with Crippen LogP contribution in [-0.2, 0) is 16.5 Å². The fourth-order valence-electron chi connectivity index (χ4n) is 5.08. The summed E-state index contributed by atoms with van der Waals surface area (Å²) < 4.78 is 19.1. The number of ether oxygens (including phenoxy) is 3. The first-order valence-electron chi connectivity index (χ1n) is 12.7. The van der Waals surface area contributed by atoms with E-state index in [4.69, 9.17) is 24.9 Å². The summed E-state index contributed by atoms with van der Waals surface area (Å²) in [5.74, 6) is 0.961. The largest absolute Gasteiger partial charge is 0.473 e. The minimum absolute atomic E-state index is 0.118.